The van der Waals surface area contributed by atoms with E-state index in [1.165, 1.54) is 0 Å². The monoisotopic (exact) mass is 160 g/mol. The number of anilines is 2. The lowest BCUT2D eigenvalue weighted by Gasteiger charge is -2.00. The maximum absolute atomic E-state index is 8.63. The quantitative estimate of drug-likeness (QED) is 0.579. The number of aromatic nitrogens is 1. The van der Waals surface area contributed by atoms with E-state index >= 15 is 0 Å². The number of nitrogen functional groups attached to an aromatic ring is 1. The third kappa shape index (κ3) is 0.873. The van der Waals surface area contributed by atoms with Crippen LogP contribution in [-0.2, 0) is 6.42 Å². The third-order valence-corrected chi connectivity index (χ3v) is 1.92. The molecule has 2 rings (SSSR count). The molecule has 4 nitrogen and oxygen atoms in total. The molecule has 1 aromatic rings. The molecule has 60 valence electrons. The normalized spacial score (nSPS) is 13.2. The van der Waals surface area contributed by atoms with Crippen molar-refractivity contribution < 1.29 is 0 Å². The second-order valence-corrected chi connectivity index (χ2v) is 2.72. The fourth-order valence-electron chi connectivity index (χ4n) is 1.32. The van der Waals surface area contributed by atoms with Crippen LogP contribution in [0.1, 0.15) is 11.3 Å². The molecule has 1 aromatic heterocycles. The Bertz CT molecular complexity index is 363. The van der Waals surface area contributed by atoms with Crippen LogP contribution < -0.4 is 11.1 Å². The number of hydrogen-bond donors (Lipinski definition) is 2. The van der Waals surface area contributed by atoms with Gasteiger partial charge in [0, 0.05) is 6.54 Å². The van der Waals surface area contributed by atoms with Gasteiger partial charge in [0.05, 0.1) is 5.69 Å². The number of fused-ring (bicyclic) bond motifs is 1. The molecule has 0 aliphatic carbocycles. The van der Waals surface area contributed by atoms with E-state index in [4.69, 9.17) is 11.0 Å². The molecule has 2 heterocycles. The Morgan fingerprint density at radius 3 is 3.25 bits per heavy atom. The minimum absolute atomic E-state index is 0.308. The van der Waals surface area contributed by atoms with E-state index in [0.717, 1.165) is 24.3 Å². The van der Waals surface area contributed by atoms with Crippen LogP contribution >= 0.6 is 0 Å². The molecular formula is C8H8N4. The first-order chi connectivity index (χ1) is 5.81. The van der Waals surface area contributed by atoms with Gasteiger partial charge in [-0.15, -0.1) is 0 Å². The van der Waals surface area contributed by atoms with E-state index in [2.05, 4.69) is 10.3 Å². The summed E-state index contributed by atoms with van der Waals surface area (Å²) in [7, 11) is 0. The molecule has 3 N–H and O–H groups in total. The number of nitrogens with zero attached hydrogens (tertiary/aromatic N) is 2. The summed E-state index contributed by atoms with van der Waals surface area (Å²) in [4.78, 5) is 4.07. The minimum Gasteiger partial charge on any atom is -0.396 e. The van der Waals surface area contributed by atoms with Gasteiger partial charge in [0.15, 0.2) is 5.69 Å². The van der Waals surface area contributed by atoms with Crippen molar-refractivity contribution in [3.05, 3.63) is 17.3 Å². The van der Waals surface area contributed by atoms with Crippen LogP contribution in [0.25, 0.3) is 0 Å². The Kier molecular flexibility index (Phi) is 1.37. The van der Waals surface area contributed by atoms with Crippen LogP contribution in [0, 0.1) is 11.3 Å². The van der Waals surface area contributed by atoms with Crippen LogP contribution in [0.15, 0.2) is 6.07 Å². The fraction of sp³-hybridized carbons (Fsp3) is 0.250. The first-order valence-electron chi connectivity index (χ1n) is 3.74. The smallest absolute Gasteiger partial charge is 0.165 e. The summed E-state index contributed by atoms with van der Waals surface area (Å²) in [6.07, 6.45) is 0.943. The summed E-state index contributed by atoms with van der Waals surface area (Å²) in [6.45, 7) is 0.886. The van der Waals surface area contributed by atoms with Crippen molar-refractivity contribution in [2.45, 2.75) is 6.42 Å². The summed E-state index contributed by atoms with van der Waals surface area (Å²) in [5.41, 5.74) is 7.48. The van der Waals surface area contributed by atoms with Crippen LogP contribution in [0.3, 0.4) is 0 Å². The van der Waals surface area contributed by atoms with E-state index in [1.54, 1.807) is 0 Å². The van der Waals surface area contributed by atoms with Gasteiger partial charge in [-0.25, -0.2) is 4.98 Å². The van der Waals surface area contributed by atoms with Crippen LogP contribution in [0.2, 0.25) is 0 Å². The molecule has 0 saturated heterocycles. The highest BCUT2D eigenvalue weighted by molar-refractivity contribution is 5.61. The van der Waals surface area contributed by atoms with E-state index < -0.39 is 0 Å². The Morgan fingerprint density at radius 1 is 1.67 bits per heavy atom. The van der Waals surface area contributed by atoms with E-state index in [0.29, 0.717) is 11.4 Å². The molecule has 0 unspecified atom stereocenters. The van der Waals surface area contributed by atoms with Gasteiger partial charge in [0.1, 0.15) is 11.9 Å². The topological polar surface area (TPSA) is 74.7 Å². The SMILES string of the molecule is N#Cc1nc2c(cc1N)CCN2. The van der Waals surface area contributed by atoms with Gasteiger partial charge in [0.25, 0.3) is 0 Å². The largest absolute Gasteiger partial charge is 0.396 e. The molecule has 4 heteroatoms. The van der Waals surface area contributed by atoms with Crippen molar-refractivity contribution in [2.24, 2.45) is 0 Å². The summed E-state index contributed by atoms with van der Waals surface area (Å²) in [6, 6.07) is 3.77. The molecule has 1 aliphatic heterocycles. The lowest BCUT2D eigenvalue weighted by atomic mass is 10.2. The lowest BCUT2D eigenvalue weighted by molar-refractivity contribution is 1.11. The molecule has 0 spiro atoms. The zero-order valence-electron chi connectivity index (χ0n) is 6.46. The number of hydrogen-bond acceptors (Lipinski definition) is 4. The fourth-order valence-corrected chi connectivity index (χ4v) is 1.32. The zero-order valence-corrected chi connectivity index (χ0v) is 6.46. The van der Waals surface area contributed by atoms with Crippen LogP contribution in [-0.4, -0.2) is 11.5 Å². The van der Waals surface area contributed by atoms with Gasteiger partial charge < -0.3 is 11.1 Å². The minimum atomic E-state index is 0.308. The molecule has 0 fully saturated rings. The molecule has 0 bridgehead atoms. The van der Waals surface area contributed by atoms with Gasteiger partial charge >= 0.3 is 0 Å². The number of nitrogens with one attached hydrogen (secondary N) is 1. The maximum Gasteiger partial charge on any atom is 0.165 e. The molecule has 0 saturated carbocycles. The van der Waals surface area contributed by atoms with Gasteiger partial charge in [-0.05, 0) is 18.1 Å². The van der Waals surface area contributed by atoms with Crippen LogP contribution in [0.4, 0.5) is 11.5 Å². The number of nitriles is 1. The maximum atomic E-state index is 8.63. The standard InChI is InChI=1S/C8H8N4/c9-4-7-6(10)3-5-1-2-11-8(5)12-7/h3H,1-2,10H2,(H,11,12). The van der Waals surface area contributed by atoms with Crippen molar-refractivity contribution in [1.29, 1.82) is 5.26 Å². The van der Waals surface area contributed by atoms with E-state index in [9.17, 15) is 0 Å². The van der Waals surface area contributed by atoms with Crippen molar-refractivity contribution in [2.75, 3.05) is 17.6 Å². The van der Waals surface area contributed by atoms with Crippen LogP contribution in [0.5, 0.6) is 0 Å². The van der Waals surface area contributed by atoms with Gasteiger partial charge in [-0.2, -0.15) is 5.26 Å². The predicted octanol–water partition coefficient (Wildman–Crippen LogP) is 0.503. The second-order valence-electron chi connectivity index (χ2n) is 2.72. The van der Waals surface area contributed by atoms with Gasteiger partial charge in [-0.3, -0.25) is 0 Å². The average molecular weight is 160 g/mol. The number of pyridine rings is 1. The lowest BCUT2D eigenvalue weighted by Crippen LogP contribution is -1.98. The summed E-state index contributed by atoms with van der Waals surface area (Å²) >= 11 is 0. The third-order valence-electron chi connectivity index (χ3n) is 1.92. The van der Waals surface area contributed by atoms with E-state index in [-0.39, 0.29) is 0 Å². The highest BCUT2D eigenvalue weighted by Gasteiger charge is 2.13. The Morgan fingerprint density at radius 2 is 2.50 bits per heavy atom. The van der Waals surface area contributed by atoms with Crippen molar-refractivity contribution in [3.8, 4) is 6.07 Å². The second kappa shape index (κ2) is 2.38. The summed E-state index contributed by atoms with van der Waals surface area (Å²) < 4.78 is 0. The van der Waals surface area contributed by atoms with Crippen molar-refractivity contribution in [3.63, 3.8) is 0 Å². The number of rotatable bonds is 0. The van der Waals surface area contributed by atoms with Gasteiger partial charge in [-0.1, -0.05) is 0 Å². The molecule has 0 aromatic carbocycles. The zero-order chi connectivity index (χ0) is 8.55. The average Bonchev–Trinajstić information content (AvgIpc) is 2.49. The molecule has 12 heavy (non-hydrogen) atoms. The Labute approximate surface area is 70.0 Å². The highest BCUT2D eigenvalue weighted by atomic mass is 15.0. The summed E-state index contributed by atoms with van der Waals surface area (Å²) in [5.74, 6) is 0.806. The highest BCUT2D eigenvalue weighted by Crippen LogP contribution is 2.23. The van der Waals surface area contributed by atoms with Crippen molar-refractivity contribution >= 4 is 11.5 Å². The Hall–Kier alpha value is -1.76. The molecule has 0 radical (unpaired) electrons. The van der Waals surface area contributed by atoms with Crippen molar-refractivity contribution in [1.82, 2.24) is 4.98 Å². The summed E-state index contributed by atoms with van der Waals surface area (Å²) in [5, 5.41) is 11.7. The first-order valence-corrected chi connectivity index (χ1v) is 3.74. The first kappa shape index (κ1) is 6.92. The molecule has 1 aliphatic rings. The van der Waals surface area contributed by atoms with E-state index in [1.807, 2.05) is 12.1 Å². The molecule has 0 amide bonds. The predicted molar refractivity (Wildman–Crippen MR) is 45.6 cm³/mol. The number of nitrogens with two attached hydrogens (primary N) is 1. The Balaban J connectivity index is 2.59. The molecular weight excluding hydrogens is 152 g/mol. The van der Waals surface area contributed by atoms with Gasteiger partial charge in [0.2, 0.25) is 0 Å². The molecule has 0 atom stereocenters.